The third-order valence-electron chi connectivity index (χ3n) is 3.87. The maximum Gasteiger partial charge on any atom is 0.340 e. The van der Waals surface area contributed by atoms with E-state index in [1.54, 1.807) is 19.1 Å². The summed E-state index contributed by atoms with van der Waals surface area (Å²) >= 11 is 0. The fraction of sp³-hybridized carbons (Fsp3) is 0.250. The lowest BCUT2D eigenvalue weighted by atomic mass is 10.1. The number of nitrogens with two attached hydrogens (primary N) is 2. The van der Waals surface area contributed by atoms with Gasteiger partial charge in [-0.15, -0.1) is 0 Å². The molecule has 1 aromatic carbocycles. The molecular formula is C16H18N4O5. The molecule has 9 nitrogen and oxygen atoms in total. The van der Waals surface area contributed by atoms with E-state index < -0.39 is 35.2 Å². The van der Waals surface area contributed by atoms with Crippen molar-refractivity contribution in [3.8, 4) is 0 Å². The lowest BCUT2D eigenvalue weighted by Gasteiger charge is -2.11. The average molecular weight is 346 g/mol. The summed E-state index contributed by atoms with van der Waals surface area (Å²) in [5.74, 6) is -1.90. The molecule has 0 aliphatic carbocycles. The molecule has 0 saturated carbocycles. The first-order valence-corrected chi connectivity index (χ1v) is 7.27. The number of anilines is 2. The average Bonchev–Trinajstić information content (AvgIpc) is 2.58. The van der Waals surface area contributed by atoms with Gasteiger partial charge in [0.05, 0.1) is 5.56 Å². The fourth-order valence-electron chi connectivity index (χ4n) is 2.26. The van der Waals surface area contributed by atoms with Crippen LogP contribution in [0.5, 0.6) is 0 Å². The van der Waals surface area contributed by atoms with E-state index >= 15 is 0 Å². The summed E-state index contributed by atoms with van der Waals surface area (Å²) in [6.07, 6.45) is 0. The van der Waals surface area contributed by atoms with Crippen molar-refractivity contribution in [2.45, 2.75) is 6.92 Å². The Bertz CT molecular complexity index is 987. The van der Waals surface area contributed by atoms with E-state index in [1.807, 2.05) is 0 Å². The molecule has 0 spiro atoms. The smallest absolute Gasteiger partial charge is 0.340 e. The predicted molar refractivity (Wildman–Crippen MR) is 91.5 cm³/mol. The molecule has 0 radical (unpaired) electrons. The molecule has 9 heteroatoms. The quantitative estimate of drug-likeness (QED) is 0.436. The van der Waals surface area contributed by atoms with Gasteiger partial charge in [0.2, 0.25) is 5.78 Å². The molecule has 1 aromatic heterocycles. The Hall–Kier alpha value is -3.36. The van der Waals surface area contributed by atoms with Gasteiger partial charge in [-0.2, -0.15) is 0 Å². The highest BCUT2D eigenvalue weighted by molar-refractivity contribution is 6.03. The fourth-order valence-corrected chi connectivity index (χ4v) is 2.26. The third kappa shape index (κ3) is 3.16. The zero-order chi connectivity index (χ0) is 18.9. The van der Waals surface area contributed by atoms with Crippen LogP contribution in [0, 0.1) is 6.92 Å². The third-order valence-corrected chi connectivity index (χ3v) is 3.87. The standard InChI is InChI=1S/C16H18N4O5/c1-8-5-4-6-9(12(8)17)15(23)25-7-10(21)11-13(18)19(2)16(24)20(3)14(11)22/h4-6H,7,17-18H2,1-3H3. The van der Waals surface area contributed by atoms with Crippen LogP contribution in [0.1, 0.15) is 26.3 Å². The highest BCUT2D eigenvalue weighted by Crippen LogP contribution is 2.17. The summed E-state index contributed by atoms with van der Waals surface area (Å²) in [5, 5.41) is 0. The second kappa shape index (κ2) is 6.63. The number of aryl methyl sites for hydroxylation is 1. The number of nitrogens with zero attached hydrogens (tertiary/aromatic N) is 2. The number of esters is 1. The second-order valence-electron chi connectivity index (χ2n) is 5.50. The predicted octanol–water partition coefficient (Wildman–Crippen LogP) is -0.403. The zero-order valence-electron chi connectivity index (χ0n) is 14.0. The minimum Gasteiger partial charge on any atom is -0.454 e. The summed E-state index contributed by atoms with van der Waals surface area (Å²) < 4.78 is 6.66. The molecule has 0 fully saturated rings. The molecule has 0 amide bonds. The Morgan fingerprint density at radius 3 is 2.40 bits per heavy atom. The van der Waals surface area contributed by atoms with E-state index in [4.69, 9.17) is 16.2 Å². The van der Waals surface area contributed by atoms with Gasteiger partial charge in [-0.05, 0) is 18.6 Å². The normalized spacial score (nSPS) is 10.5. The van der Waals surface area contributed by atoms with Gasteiger partial charge in [-0.1, -0.05) is 12.1 Å². The van der Waals surface area contributed by atoms with Crippen LogP contribution in [-0.4, -0.2) is 27.5 Å². The number of carbonyl (C=O) groups is 2. The Morgan fingerprint density at radius 2 is 1.76 bits per heavy atom. The number of hydrogen-bond donors (Lipinski definition) is 2. The van der Waals surface area contributed by atoms with Gasteiger partial charge < -0.3 is 16.2 Å². The molecule has 25 heavy (non-hydrogen) atoms. The van der Waals surface area contributed by atoms with Gasteiger partial charge in [0.1, 0.15) is 11.4 Å². The van der Waals surface area contributed by atoms with Crippen LogP contribution < -0.4 is 22.7 Å². The van der Waals surface area contributed by atoms with Crippen LogP contribution >= 0.6 is 0 Å². The van der Waals surface area contributed by atoms with Crippen molar-refractivity contribution in [1.82, 2.24) is 9.13 Å². The summed E-state index contributed by atoms with van der Waals surface area (Å²) in [5.41, 5.74) is 10.6. The summed E-state index contributed by atoms with van der Waals surface area (Å²) in [6.45, 7) is 1.02. The molecule has 4 N–H and O–H groups in total. The topological polar surface area (TPSA) is 139 Å². The number of aromatic nitrogens is 2. The van der Waals surface area contributed by atoms with Crippen molar-refractivity contribution < 1.29 is 14.3 Å². The summed E-state index contributed by atoms with van der Waals surface area (Å²) in [4.78, 5) is 48.2. The molecule has 0 atom stereocenters. The molecule has 0 bridgehead atoms. The number of ether oxygens (including phenoxy) is 1. The Balaban J connectivity index is 2.27. The van der Waals surface area contributed by atoms with Gasteiger partial charge in [0.15, 0.2) is 6.61 Å². The molecule has 0 saturated heterocycles. The molecule has 0 unspecified atom stereocenters. The van der Waals surface area contributed by atoms with Gasteiger partial charge >= 0.3 is 11.7 Å². The SMILES string of the molecule is Cc1cccc(C(=O)OCC(=O)c2c(N)n(C)c(=O)n(C)c2=O)c1N. The first kappa shape index (κ1) is 18.0. The van der Waals surface area contributed by atoms with Crippen molar-refractivity contribution in [2.24, 2.45) is 14.1 Å². The minimum atomic E-state index is -0.850. The lowest BCUT2D eigenvalue weighted by molar-refractivity contribution is 0.0475. The summed E-state index contributed by atoms with van der Waals surface area (Å²) in [6, 6.07) is 4.83. The molecule has 2 aromatic rings. The maximum atomic E-state index is 12.3. The van der Waals surface area contributed by atoms with Crippen LogP contribution in [0.4, 0.5) is 11.5 Å². The Labute approximate surface area is 142 Å². The number of Topliss-reactive ketones (excluding diaryl/α,β-unsaturated/α-hetero) is 1. The Morgan fingerprint density at radius 1 is 1.12 bits per heavy atom. The van der Waals surface area contributed by atoms with Crippen molar-refractivity contribution >= 4 is 23.3 Å². The van der Waals surface area contributed by atoms with Crippen LogP contribution in [0.2, 0.25) is 0 Å². The number of ketones is 1. The van der Waals surface area contributed by atoms with Crippen molar-refractivity contribution in [1.29, 1.82) is 0 Å². The highest BCUT2D eigenvalue weighted by Gasteiger charge is 2.22. The van der Waals surface area contributed by atoms with E-state index in [2.05, 4.69) is 0 Å². The van der Waals surface area contributed by atoms with Crippen LogP contribution in [0.3, 0.4) is 0 Å². The summed E-state index contributed by atoms with van der Waals surface area (Å²) in [7, 11) is 2.55. The molecule has 1 heterocycles. The monoisotopic (exact) mass is 346 g/mol. The van der Waals surface area contributed by atoms with Gasteiger partial charge in [0.25, 0.3) is 5.56 Å². The van der Waals surface area contributed by atoms with E-state index in [0.717, 1.165) is 9.13 Å². The molecular weight excluding hydrogens is 328 g/mol. The van der Waals surface area contributed by atoms with Gasteiger partial charge in [0, 0.05) is 19.8 Å². The minimum absolute atomic E-state index is 0.120. The first-order chi connectivity index (χ1) is 11.7. The number of carbonyl (C=O) groups excluding carboxylic acids is 2. The molecule has 0 aliphatic rings. The molecule has 0 aliphatic heterocycles. The zero-order valence-corrected chi connectivity index (χ0v) is 14.0. The molecule has 132 valence electrons. The maximum absolute atomic E-state index is 12.3. The van der Waals surface area contributed by atoms with Crippen molar-refractivity contribution in [2.75, 3.05) is 18.1 Å². The van der Waals surface area contributed by atoms with Crippen LogP contribution in [0.15, 0.2) is 27.8 Å². The number of rotatable bonds is 4. The van der Waals surface area contributed by atoms with E-state index in [9.17, 15) is 19.2 Å². The number of para-hydroxylation sites is 1. The van der Waals surface area contributed by atoms with Gasteiger partial charge in [-0.25, -0.2) is 9.59 Å². The number of benzene rings is 1. The lowest BCUT2D eigenvalue weighted by Crippen LogP contribution is -2.42. The molecule has 2 rings (SSSR count). The van der Waals surface area contributed by atoms with E-state index in [1.165, 1.54) is 20.2 Å². The van der Waals surface area contributed by atoms with Crippen molar-refractivity contribution in [3.05, 3.63) is 55.7 Å². The Kier molecular flexibility index (Phi) is 4.77. The number of hydrogen-bond acceptors (Lipinski definition) is 7. The van der Waals surface area contributed by atoms with Crippen LogP contribution in [-0.2, 0) is 18.8 Å². The van der Waals surface area contributed by atoms with Crippen LogP contribution in [0.25, 0.3) is 0 Å². The van der Waals surface area contributed by atoms with Crippen molar-refractivity contribution in [3.63, 3.8) is 0 Å². The second-order valence-corrected chi connectivity index (χ2v) is 5.50. The highest BCUT2D eigenvalue weighted by atomic mass is 16.5. The van der Waals surface area contributed by atoms with E-state index in [0.29, 0.717) is 5.56 Å². The number of nitrogen functional groups attached to an aromatic ring is 2. The van der Waals surface area contributed by atoms with Gasteiger partial charge in [-0.3, -0.25) is 18.7 Å². The largest absolute Gasteiger partial charge is 0.454 e. The van der Waals surface area contributed by atoms with E-state index in [-0.39, 0.29) is 17.1 Å². The first-order valence-electron chi connectivity index (χ1n) is 7.27.